The zero-order valence-corrected chi connectivity index (χ0v) is 18.7. The van der Waals surface area contributed by atoms with Gasteiger partial charge in [-0.3, -0.25) is 9.59 Å². The molecule has 10 heteroatoms. The summed E-state index contributed by atoms with van der Waals surface area (Å²) >= 11 is 11.7. The minimum absolute atomic E-state index is 0.242. The lowest BCUT2D eigenvalue weighted by Crippen LogP contribution is -2.32. The van der Waals surface area contributed by atoms with Gasteiger partial charge in [-0.2, -0.15) is 5.10 Å². The Morgan fingerprint density at radius 2 is 1.52 bits per heavy atom. The fraction of sp³-hybridized carbons (Fsp3) is 0.0435. The van der Waals surface area contributed by atoms with Crippen molar-refractivity contribution in [2.24, 2.45) is 5.10 Å². The van der Waals surface area contributed by atoms with E-state index in [0.717, 1.165) is 0 Å². The smallest absolute Gasteiger partial charge is 0.343 e. The van der Waals surface area contributed by atoms with Crippen LogP contribution in [0.25, 0.3) is 0 Å². The van der Waals surface area contributed by atoms with Crippen molar-refractivity contribution < 1.29 is 23.9 Å². The molecule has 0 unspecified atom stereocenters. The van der Waals surface area contributed by atoms with Crippen LogP contribution in [-0.4, -0.2) is 31.1 Å². The highest BCUT2D eigenvalue weighted by molar-refractivity contribution is 6.43. The van der Waals surface area contributed by atoms with Gasteiger partial charge in [0.05, 0.1) is 28.9 Å². The van der Waals surface area contributed by atoms with Crippen LogP contribution < -0.4 is 20.2 Å². The highest BCUT2D eigenvalue weighted by atomic mass is 35.5. The van der Waals surface area contributed by atoms with Crippen LogP contribution in [0.3, 0.4) is 0 Å². The molecule has 33 heavy (non-hydrogen) atoms. The molecular formula is C23H17Cl2N3O5. The summed E-state index contributed by atoms with van der Waals surface area (Å²) in [5.41, 5.74) is 3.41. The van der Waals surface area contributed by atoms with Gasteiger partial charge < -0.3 is 14.8 Å². The lowest BCUT2D eigenvalue weighted by molar-refractivity contribution is -0.136. The van der Waals surface area contributed by atoms with Crippen molar-refractivity contribution in [2.75, 3.05) is 12.4 Å². The highest BCUT2D eigenvalue weighted by Crippen LogP contribution is 2.25. The van der Waals surface area contributed by atoms with E-state index in [2.05, 4.69) is 15.8 Å². The summed E-state index contributed by atoms with van der Waals surface area (Å²) in [5.74, 6) is -1.44. The number of methoxy groups -OCH3 is 1. The summed E-state index contributed by atoms with van der Waals surface area (Å²) in [4.78, 5) is 36.0. The average molecular weight is 486 g/mol. The SMILES string of the molecule is COc1ccc(C(=O)Oc2ccc(/C=N/NC(=O)C(=O)Nc3ccc(Cl)c(Cl)c3)cc2)cc1. The molecule has 0 aromatic heterocycles. The number of esters is 1. The van der Waals surface area contributed by atoms with Gasteiger partial charge in [-0.25, -0.2) is 10.2 Å². The lowest BCUT2D eigenvalue weighted by Gasteiger charge is -2.06. The second-order valence-corrected chi connectivity index (χ2v) is 7.28. The first kappa shape index (κ1) is 23.8. The summed E-state index contributed by atoms with van der Waals surface area (Å²) in [6, 6.07) is 17.3. The molecule has 0 bridgehead atoms. The number of rotatable bonds is 6. The third kappa shape index (κ3) is 6.80. The largest absolute Gasteiger partial charge is 0.497 e. The van der Waals surface area contributed by atoms with E-state index in [0.29, 0.717) is 33.3 Å². The van der Waals surface area contributed by atoms with Crippen LogP contribution in [0, 0.1) is 0 Å². The lowest BCUT2D eigenvalue weighted by atomic mass is 10.2. The third-order valence-corrected chi connectivity index (χ3v) is 4.92. The second-order valence-electron chi connectivity index (χ2n) is 6.47. The van der Waals surface area contributed by atoms with Crippen molar-refractivity contribution in [3.8, 4) is 11.5 Å². The van der Waals surface area contributed by atoms with E-state index in [-0.39, 0.29) is 5.02 Å². The fourth-order valence-corrected chi connectivity index (χ4v) is 2.79. The van der Waals surface area contributed by atoms with Gasteiger partial charge in [0.1, 0.15) is 11.5 Å². The van der Waals surface area contributed by atoms with E-state index in [4.69, 9.17) is 32.7 Å². The summed E-state index contributed by atoms with van der Waals surface area (Å²) in [5, 5.41) is 6.68. The molecule has 8 nitrogen and oxygen atoms in total. The monoisotopic (exact) mass is 485 g/mol. The Hall–Kier alpha value is -3.88. The van der Waals surface area contributed by atoms with E-state index in [1.165, 1.54) is 31.5 Å². The number of benzene rings is 3. The van der Waals surface area contributed by atoms with E-state index >= 15 is 0 Å². The minimum Gasteiger partial charge on any atom is -0.497 e. The molecule has 3 rings (SSSR count). The van der Waals surface area contributed by atoms with Crippen LogP contribution in [-0.2, 0) is 9.59 Å². The molecule has 3 aromatic rings. The van der Waals surface area contributed by atoms with Crippen LogP contribution in [0.1, 0.15) is 15.9 Å². The summed E-state index contributed by atoms with van der Waals surface area (Å²) in [6.07, 6.45) is 1.33. The molecule has 0 atom stereocenters. The Morgan fingerprint density at radius 1 is 0.848 bits per heavy atom. The Labute approximate surface area is 199 Å². The van der Waals surface area contributed by atoms with Gasteiger partial charge in [0, 0.05) is 5.69 Å². The molecule has 0 fully saturated rings. The van der Waals surface area contributed by atoms with Gasteiger partial charge in [-0.05, 0) is 72.3 Å². The van der Waals surface area contributed by atoms with Crippen molar-refractivity contribution in [2.45, 2.75) is 0 Å². The molecule has 0 saturated heterocycles. The molecule has 2 N–H and O–H groups in total. The van der Waals surface area contributed by atoms with Gasteiger partial charge in [-0.1, -0.05) is 23.2 Å². The number of ether oxygens (including phenoxy) is 2. The molecule has 0 aliphatic carbocycles. The zero-order valence-electron chi connectivity index (χ0n) is 17.2. The maximum atomic E-state index is 12.2. The number of hydrogen-bond acceptors (Lipinski definition) is 6. The Kier molecular flexibility index (Phi) is 8.01. The number of hydrogen-bond donors (Lipinski definition) is 2. The molecule has 0 aliphatic heterocycles. The minimum atomic E-state index is -0.970. The number of halogens is 2. The zero-order chi connectivity index (χ0) is 23.8. The molecule has 0 radical (unpaired) electrons. The van der Waals surface area contributed by atoms with E-state index < -0.39 is 17.8 Å². The Morgan fingerprint density at radius 3 is 2.15 bits per heavy atom. The van der Waals surface area contributed by atoms with E-state index in [1.807, 2.05) is 0 Å². The molecule has 0 spiro atoms. The molecule has 168 valence electrons. The van der Waals surface area contributed by atoms with Crippen molar-refractivity contribution in [1.29, 1.82) is 0 Å². The van der Waals surface area contributed by atoms with Gasteiger partial charge in [0.2, 0.25) is 0 Å². The van der Waals surface area contributed by atoms with E-state index in [1.54, 1.807) is 48.5 Å². The van der Waals surface area contributed by atoms with Crippen LogP contribution in [0.4, 0.5) is 5.69 Å². The predicted octanol–water partition coefficient (Wildman–Crippen LogP) is 4.31. The molecule has 0 saturated carbocycles. The Balaban J connectivity index is 1.50. The first-order valence-corrected chi connectivity index (χ1v) is 10.2. The first-order chi connectivity index (χ1) is 15.9. The fourth-order valence-electron chi connectivity index (χ4n) is 2.49. The van der Waals surface area contributed by atoms with E-state index in [9.17, 15) is 14.4 Å². The normalized spacial score (nSPS) is 10.5. The van der Waals surface area contributed by atoms with Crippen LogP contribution in [0.15, 0.2) is 71.8 Å². The number of nitrogens with one attached hydrogen (secondary N) is 2. The number of nitrogens with zero attached hydrogens (tertiary/aromatic N) is 1. The molecule has 3 aromatic carbocycles. The molecule has 2 amide bonds. The average Bonchev–Trinajstić information content (AvgIpc) is 2.82. The second kappa shape index (κ2) is 11.1. The standard InChI is InChI=1S/C23H17Cl2N3O5/c1-32-17-9-4-15(5-10-17)23(31)33-18-7-2-14(3-8-18)13-26-28-22(30)21(29)27-16-6-11-19(24)20(25)12-16/h2-13H,1H3,(H,27,29)(H,28,30)/b26-13+. The van der Waals surface area contributed by atoms with Crippen molar-refractivity contribution in [1.82, 2.24) is 5.43 Å². The van der Waals surface area contributed by atoms with Crippen molar-refractivity contribution in [3.63, 3.8) is 0 Å². The number of carbonyl (C=O) groups is 3. The summed E-state index contributed by atoms with van der Waals surface area (Å²) < 4.78 is 10.4. The number of carbonyl (C=O) groups excluding carboxylic acids is 3. The highest BCUT2D eigenvalue weighted by Gasteiger charge is 2.13. The van der Waals surface area contributed by atoms with Crippen molar-refractivity contribution >= 4 is 52.9 Å². The maximum Gasteiger partial charge on any atom is 0.343 e. The van der Waals surface area contributed by atoms with Crippen LogP contribution in [0.5, 0.6) is 11.5 Å². The Bertz CT molecular complexity index is 1200. The summed E-state index contributed by atoms with van der Waals surface area (Å²) in [7, 11) is 1.54. The molecule has 0 aliphatic rings. The number of amides is 2. The number of anilines is 1. The topological polar surface area (TPSA) is 106 Å². The third-order valence-electron chi connectivity index (χ3n) is 4.18. The van der Waals surface area contributed by atoms with Crippen LogP contribution >= 0.6 is 23.2 Å². The van der Waals surface area contributed by atoms with Gasteiger partial charge in [0.15, 0.2) is 0 Å². The predicted molar refractivity (Wildman–Crippen MR) is 125 cm³/mol. The quantitative estimate of drug-likeness (QED) is 0.178. The summed E-state index contributed by atoms with van der Waals surface area (Å²) in [6.45, 7) is 0. The molecular weight excluding hydrogens is 469 g/mol. The van der Waals surface area contributed by atoms with Crippen molar-refractivity contribution in [3.05, 3.63) is 87.9 Å². The van der Waals surface area contributed by atoms with Gasteiger partial charge in [-0.15, -0.1) is 0 Å². The maximum absolute atomic E-state index is 12.2. The van der Waals surface area contributed by atoms with Gasteiger partial charge >= 0.3 is 17.8 Å². The van der Waals surface area contributed by atoms with Gasteiger partial charge in [0.25, 0.3) is 0 Å². The first-order valence-electron chi connectivity index (χ1n) is 9.41. The molecule has 0 heterocycles. The van der Waals surface area contributed by atoms with Crippen LogP contribution in [0.2, 0.25) is 10.0 Å². The number of hydrazone groups is 1.